The Morgan fingerprint density at radius 3 is 1.77 bits per heavy atom. The van der Waals surface area contributed by atoms with E-state index in [0.29, 0.717) is 0 Å². The highest BCUT2D eigenvalue weighted by Gasteiger charge is 2.19. The first-order chi connectivity index (χ1) is 10.8. The summed E-state index contributed by atoms with van der Waals surface area (Å²) in [6.07, 6.45) is 4.14. The Bertz CT molecular complexity index is 758. The molecule has 1 heterocycles. The van der Waals surface area contributed by atoms with Crippen LogP contribution in [0.1, 0.15) is 36.3 Å². The van der Waals surface area contributed by atoms with E-state index in [2.05, 4.69) is 67.6 Å². The summed E-state index contributed by atoms with van der Waals surface area (Å²) >= 11 is 1.88. The maximum Gasteiger partial charge on any atom is 0.0349 e. The van der Waals surface area contributed by atoms with Crippen molar-refractivity contribution in [2.24, 2.45) is 0 Å². The average molecular weight is 304 g/mol. The van der Waals surface area contributed by atoms with Gasteiger partial charge in [0.25, 0.3) is 0 Å². The second-order valence-corrected chi connectivity index (χ2v) is 7.36. The monoisotopic (exact) mass is 304 g/mol. The van der Waals surface area contributed by atoms with Crippen molar-refractivity contribution < 1.29 is 0 Å². The second kappa shape index (κ2) is 5.73. The van der Waals surface area contributed by atoms with Gasteiger partial charge in [0.05, 0.1) is 0 Å². The summed E-state index contributed by atoms with van der Waals surface area (Å²) in [4.78, 5) is 2.70. The van der Waals surface area contributed by atoms with Crippen LogP contribution in [0.4, 0.5) is 0 Å². The summed E-state index contributed by atoms with van der Waals surface area (Å²) in [5.41, 5.74) is 5.48. The number of thiophene rings is 1. The number of benzene rings is 2. The average Bonchev–Trinajstić information content (AvgIpc) is 2.97. The van der Waals surface area contributed by atoms with Gasteiger partial charge in [0.15, 0.2) is 0 Å². The Kier molecular flexibility index (Phi) is 3.59. The van der Waals surface area contributed by atoms with Crippen molar-refractivity contribution in [1.82, 2.24) is 0 Å². The predicted molar refractivity (Wildman–Crippen MR) is 96.5 cm³/mol. The first-order valence-corrected chi connectivity index (χ1v) is 8.88. The Morgan fingerprint density at radius 1 is 0.727 bits per heavy atom. The molecule has 0 nitrogen and oxygen atoms in total. The molecule has 0 radical (unpaired) electrons. The van der Waals surface area contributed by atoms with E-state index in [1.807, 2.05) is 11.3 Å². The summed E-state index contributed by atoms with van der Waals surface area (Å²) in [5, 5.41) is 0. The van der Waals surface area contributed by atoms with E-state index in [9.17, 15) is 0 Å². The molecule has 1 saturated carbocycles. The molecule has 1 heteroatoms. The van der Waals surface area contributed by atoms with E-state index < -0.39 is 0 Å². The highest BCUT2D eigenvalue weighted by molar-refractivity contribution is 7.18. The maximum atomic E-state index is 2.32. The Morgan fingerprint density at radius 2 is 1.27 bits per heavy atom. The third-order valence-corrected chi connectivity index (χ3v) is 5.90. The van der Waals surface area contributed by atoms with E-state index in [1.54, 1.807) is 0 Å². The third-order valence-electron chi connectivity index (χ3n) is 4.71. The van der Waals surface area contributed by atoms with Gasteiger partial charge in [-0.15, -0.1) is 11.3 Å². The molecule has 110 valence electrons. The van der Waals surface area contributed by atoms with E-state index in [-0.39, 0.29) is 0 Å². The van der Waals surface area contributed by atoms with Gasteiger partial charge in [-0.1, -0.05) is 60.5 Å². The Balaban J connectivity index is 1.59. The number of rotatable bonds is 3. The zero-order chi connectivity index (χ0) is 14.9. The molecule has 0 bridgehead atoms. The number of hydrogen-bond donors (Lipinski definition) is 0. The molecule has 4 rings (SSSR count). The Hall–Kier alpha value is -1.86. The molecule has 0 aliphatic heterocycles. The minimum atomic E-state index is 0.820. The summed E-state index contributed by atoms with van der Waals surface area (Å²) in [7, 11) is 0. The smallest absolute Gasteiger partial charge is 0.0349 e. The largest absolute Gasteiger partial charge is 0.135 e. The summed E-state index contributed by atoms with van der Waals surface area (Å²) in [5.74, 6) is 0.820. The lowest BCUT2D eigenvalue weighted by atomic mass is 9.80. The molecule has 0 saturated heterocycles. The van der Waals surface area contributed by atoms with Crippen molar-refractivity contribution in [3.63, 3.8) is 0 Å². The van der Waals surface area contributed by atoms with Gasteiger partial charge in [-0.25, -0.2) is 0 Å². The molecule has 1 aliphatic carbocycles. The van der Waals surface area contributed by atoms with Gasteiger partial charge in [0.1, 0.15) is 0 Å². The fourth-order valence-corrected chi connectivity index (χ4v) is 4.04. The maximum absolute atomic E-state index is 2.32. The molecular formula is C21H20S. The molecule has 1 aromatic heterocycles. The quantitative estimate of drug-likeness (QED) is 0.507. The van der Waals surface area contributed by atoms with E-state index in [0.717, 1.165) is 5.92 Å². The van der Waals surface area contributed by atoms with Crippen LogP contribution in [0.25, 0.3) is 20.9 Å². The van der Waals surface area contributed by atoms with Crippen LogP contribution in [0.3, 0.4) is 0 Å². The highest BCUT2D eigenvalue weighted by Crippen LogP contribution is 2.38. The van der Waals surface area contributed by atoms with Crippen LogP contribution in [-0.2, 0) is 0 Å². The topological polar surface area (TPSA) is 0 Å². The number of aryl methyl sites for hydroxylation is 1. The molecule has 0 spiro atoms. The first kappa shape index (κ1) is 13.8. The van der Waals surface area contributed by atoms with E-state index in [4.69, 9.17) is 0 Å². The molecule has 0 atom stereocenters. The van der Waals surface area contributed by atoms with Crippen molar-refractivity contribution in [1.29, 1.82) is 0 Å². The van der Waals surface area contributed by atoms with Crippen molar-refractivity contribution in [3.8, 4) is 20.9 Å². The summed E-state index contributed by atoms with van der Waals surface area (Å²) in [6.45, 7) is 2.13. The van der Waals surface area contributed by atoms with Crippen LogP contribution in [-0.4, -0.2) is 0 Å². The van der Waals surface area contributed by atoms with Crippen LogP contribution >= 0.6 is 11.3 Å². The lowest BCUT2D eigenvalue weighted by molar-refractivity contribution is 0.420. The zero-order valence-electron chi connectivity index (χ0n) is 12.9. The molecule has 0 unspecified atom stereocenters. The van der Waals surface area contributed by atoms with Gasteiger partial charge in [0, 0.05) is 9.75 Å². The van der Waals surface area contributed by atoms with Crippen molar-refractivity contribution in [2.45, 2.75) is 32.1 Å². The Labute approximate surface area is 136 Å². The van der Waals surface area contributed by atoms with E-state index >= 15 is 0 Å². The normalized spacial score (nSPS) is 14.8. The van der Waals surface area contributed by atoms with Gasteiger partial charge >= 0.3 is 0 Å². The van der Waals surface area contributed by atoms with Crippen molar-refractivity contribution in [2.75, 3.05) is 0 Å². The summed E-state index contributed by atoms with van der Waals surface area (Å²) < 4.78 is 0. The third kappa shape index (κ3) is 2.62. The van der Waals surface area contributed by atoms with Gasteiger partial charge < -0.3 is 0 Å². The van der Waals surface area contributed by atoms with Crippen molar-refractivity contribution >= 4 is 11.3 Å². The second-order valence-electron chi connectivity index (χ2n) is 6.28. The van der Waals surface area contributed by atoms with Crippen LogP contribution in [0.5, 0.6) is 0 Å². The molecule has 3 aromatic rings. The fourth-order valence-electron chi connectivity index (χ4n) is 3.03. The van der Waals surface area contributed by atoms with Gasteiger partial charge in [0.2, 0.25) is 0 Å². The molecule has 1 fully saturated rings. The number of hydrogen-bond acceptors (Lipinski definition) is 1. The molecule has 2 aromatic carbocycles. The standard InChI is InChI=1S/C21H20S/c1-15-5-7-18(8-6-15)20-13-14-21(22-20)19-11-9-17(10-12-19)16-3-2-4-16/h5-14,16H,2-4H2,1H3. The fraction of sp³-hybridized carbons (Fsp3) is 0.238. The minimum Gasteiger partial charge on any atom is -0.135 e. The van der Waals surface area contributed by atoms with Crippen LogP contribution in [0.15, 0.2) is 60.7 Å². The van der Waals surface area contributed by atoms with Gasteiger partial charge in [-0.3, -0.25) is 0 Å². The van der Waals surface area contributed by atoms with Crippen LogP contribution in [0, 0.1) is 6.92 Å². The molecular weight excluding hydrogens is 284 g/mol. The highest BCUT2D eigenvalue weighted by atomic mass is 32.1. The van der Waals surface area contributed by atoms with Crippen molar-refractivity contribution in [3.05, 3.63) is 71.8 Å². The molecule has 0 N–H and O–H groups in total. The molecule has 22 heavy (non-hydrogen) atoms. The molecule has 1 aliphatic rings. The van der Waals surface area contributed by atoms with E-state index in [1.165, 1.54) is 51.3 Å². The minimum absolute atomic E-state index is 0.820. The lowest BCUT2D eigenvalue weighted by Crippen LogP contribution is -2.08. The summed E-state index contributed by atoms with van der Waals surface area (Å²) in [6, 6.07) is 22.5. The van der Waals surface area contributed by atoms with Crippen LogP contribution in [0.2, 0.25) is 0 Å². The van der Waals surface area contributed by atoms with Crippen LogP contribution < -0.4 is 0 Å². The predicted octanol–water partition coefficient (Wildman–Crippen LogP) is 6.66. The molecule has 0 amide bonds. The zero-order valence-corrected chi connectivity index (χ0v) is 13.7. The van der Waals surface area contributed by atoms with Gasteiger partial charge in [-0.2, -0.15) is 0 Å². The first-order valence-electron chi connectivity index (χ1n) is 8.07. The SMILES string of the molecule is Cc1ccc(-c2ccc(-c3ccc(C4CCC4)cc3)s2)cc1. The van der Waals surface area contributed by atoms with Gasteiger partial charge in [-0.05, 0) is 54.5 Å². The lowest BCUT2D eigenvalue weighted by Gasteiger charge is -2.25.